The normalized spacial score (nSPS) is 28.1. The highest BCUT2D eigenvalue weighted by molar-refractivity contribution is 7.73. The fourth-order valence-electron chi connectivity index (χ4n) is 1.10. The predicted octanol–water partition coefficient (Wildman–Crippen LogP) is 1.86. The van der Waals surface area contributed by atoms with Gasteiger partial charge in [0.1, 0.15) is 0 Å². The second-order valence-electron chi connectivity index (χ2n) is 2.77. The van der Waals surface area contributed by atoms with E-state index in [1.807, 2.05) is 0 Å². The molecule has 0 nitrogen and oxygen atoms in total. The minimum Gasteiger partial charge on any atom is -0.115 e. The molecule has 0 atom stereocenters. The lowest BCUT2D eigenvalue weighted by Gasteiger charge is -2.05. The molecule has 0 aromatic heterocycles. The third-order valence-corrected chi connectivity index (χ3v) is 4.44. The average molecular weight is 116 g/mol. The van der Waals surface area contributed by atoms with Gasteiger partial charge in [-0.3, -0.25) is 0 Å². The third-order valence-electron chi connectivity index (χ3n) is 1.65. The quantitative estimate of drug-likeness (QED) is 0.424. The summed E-state index contributed by atoms with van der Waals surface area (Å²) in [6.45, 7) is 1.82. The van der Waals surface area contributed by atoms with Gasteiger partial charge in [0, 0.05) is 0 Å². The summed E-state index contributed by atoms with van der Waals surface area (Å²) in [4.78, 5) is 0. The molecule has 0 saturated carbocycles. The van der Waals surface area contributed by atoms with Gasteiger partial charge < -0.3 is 0 Å². The van der Waals surface area contributed by atoms with E-state index in [1.165, 1.54) is 25.2 Å². The van der Waals surface area contributed by atoms with E-state index in [0.29, 0.717) is 0 Å². The van der Waals surface area contributed by atoms with Gasteiger partial charge in [-0.1, -0.05) is 0 Å². The molecule has 42 valence electrons. The van der Waals surface area contributed by atoms with Crippen molar-refractivity contribution in [3.05, 3.63) is 0 Å². The maximum absolute atomic E-state index is 4.18. The monoisotopic (exact) mass is 116 g/mol. The van der Waals surface area contributed by atoms with E-state index < -0.39 is 6.89 Å². The molecule has 1 heterocycles. The van der Waals surface area contributed by atoms with Crippen molar-refractivity contribution < 1.29 is 0 Å². The van der Waals surface area contributed by atoms with Crippen LogP contribution in [-0.2, 0) is 0 Å². The summed E-state index contributed by atoms with van der Waals surface area (Å²) in [5.41, 5.74) is 0. The van der Waals surface area contributed by atoms with Crippen molar-refractivity contribution >= 4 is 13.2 Å². The van der Waals surface area contributed by atoms with Gasteiger partial charge in [-0.05, 0) is 31.8 Å². The van der Waals surface area contributed by atoms with E-state index in [2.05, 4.69) is 13.0 Å². The van der Waals surface area contributed by atoms with Crippen LogP contribution in [0.15, 0.2) is 0 Å². The molecule has 0 spiro atoms. The summed E-state index contributed by atoms with van der Waals surface area (Å²) in [5, 5.41) is 0. The lowest BCUT2D eigenvalue weighted by Crippen LogP contribution is -1.76. The first-order chi connectivity index (χ1) is 3.21. The number of rotatable bonds is 0. The molecule has 0 bridgehead atoms. The average Bonchev–Trinajstić information content (AvgIpc) is 1.84. The molecule has 1 saturated heterocycles. The molecule has 1 rings (SSSR count). The Balaban J connectivity index is 2.57. The smallest absolute Gasteiger partial charge is 0.0334 e. The molecule has 1 aliphatic rings. The van der Waals surface area contributed by atoms with E-state index >= 15 is 0 Å². The minimum absolute atomic E-state index is 0.543. The molecule has 0 aromatic carbocycles. The molecule has 1 fully saturated rings. The van der Waals surface area contributed by atoms with Crippen LogP contribution in [0.25, 0.3) is 0 Å². The molecule has 0 amide bonds. The molecule has 0 unspecified atom stereocenters. The molecule has 7 heavy (non-hydrogen) atoms. The van der Waals surface area contributed by atoms with Gasteiger partial charge in [0.05, 0.1) is 0 Å². The van der Waals surface area contributed by atoms with Crippen LogP contribution in [-0.4, -0.2) is 25.3 Å². The molecule has 0 N–H and O–H groups in total. The lowest BCUT2D eigenvalue weighted by atomic mass is 10.4. The topological polar surface area (TPSA) is 0 Å². The van der Waals surface area contributed by atoms with Gasteiger partial charge in [-0.25, -0.2) is 0 Å². The highest BCUT2D eigenvalue weighted by atomic mass is 31.2. The second-order valence-corrected chi connectivity index (χ2v) is 6.91. The largest absolute Gasteiger partial charge is 0.115 e. The highest BCUT2D eigenvalue weighted by Gasteiger charge is 2.12. The van der Waals surface area contributed by atoms with Crippen LogP contribution in [0.3, 0.4) is 0 Å². The van der Waals surface area contributed by atoms with Crippen LogP contribution < -0.4 is 0 Å². The zero-order chi connectivity index (χ0) is 5.33. The summed E-state index contributed by atoms with van der Waals surface area (Å²) < 4.78 is 0. The first-order valence-corrected chi connectivity index (χ1v) is 5.69. The van der Waals surface area contributed by atoms with E-state index in [0.717, 1.165) is 0 Å². The summed E-state index contributed by atoms with van der Waals surface area (Å²) >= 11 is 0. The maximum Gasteiger partial charge on any atom is -0.0334 e. The SMILES string of the molecule is C=P1(C)CCCC1. The Kier molecular flexibility index (Phi) is 1.30. The highest BCUT2D eigenvalue weighted by Crippen LogP contribution is 2.47. The van der Waals surface area contributed by atoms with Gasteiger partial charge in [0.25, 0.3) is 0 Å². The Hall–Kier alpha value is 0.300. The van der Waals surface area contributed by atoms with Gasteiger partial charge in [-0.2, -0.15) is 0 Å². The Morgan fingerprint density at radius 2 is 1.71 bits per heavy atom. The first kappa shape index (κ1) is 5.44. The molecular weight excluding hydrogens is 103 g/mol. The zero-order valence-electron chi connectivity index (χ0n) is 4.98. The Morgan fingerprint density at radius 3 is 1.86 bits per heavy atom. The van der Waals surface area contributed by atoms with Crippen LogP contribution in [0.2, 0.25) is 0 Å². The molecule has 1 aliphatic heterocycles. The molecule has 0 radical (unpaired) electrons. The summed E-state index contributed by atoms with van der Waals surface area (Å²) in [7, 11) is 0. The fourth-order valence-corrected chi connectivity index (χ4v) is 3.30. The molecular formula is C6H13P. The summed E-state index contributed by atoms with van der Waals surface area (Å²) in [6.07, 6.45) is 9.99. The van der Waals surface area contributed by atoms with Crippen molar-refractivity contribution in [3.63, 3.8) is 0 Å². The molecule has 1 heteroatoms. The van der Waals surface area contributed by atoms with E-state index in [-0.39, 0.29) is 0 Å². The van der Waals surface area contributed by atoms with Crippen LogP contribution in [0.4, 0.5) is 0 Å². The van der Waals surface area contributed by atoms with Crippen molar-refractivity contribution in [1.82, 2.24) is 0 Å². The van der Waals surface area contributed by atoms with Gasteiger partial charge in [-0.15, -0.1) is 13.2 Å². The van der Waals surface area contributed by atoms with Gasteiger partial charge >= 0.3 is 0 Å². The van der Waals surface area contributed by atoms with Crippen molar-refractivity contribution in [2.45, 2.75) is 12.8 Å². The van der Waals surface area contributed by atoms with Crippen molar-refractivity contribution in [2.75, 3.05) is 19.0 Å². The lowest BCUT2D eigenvalue weighted by molar-refractivity contribution is 0.949. The number of hydrogen-bond acceptors (Lipinski definition) is 0. The summed E-state index contributed by atoms with van der Waals surface area (Å²) in [6, 6.07) is 0. The first-order valence-electron chi connectivity index (χ1n) is 2.90. The fraction of sp³-hybridized carbons (Fsp3) is 0.833. The van der Waals surface area contributed by atoms with E-state index in [4.69, 9.17) is 0 Å². The molecule has 0 aliphatic carbocycles. The van der Waals surface area contributed by atoms with Crippen LogP contribution >= 0.6 is 6.89 Å². The second kappa shape index (κ2) is 1.67. The van der Waals surface area contributed by atoms with Crippen LogP contribution in [0.5, 0.6) is 0 Å². The van der Waals surface area contributed by atoms with Crippen molar-refractivity contribution in [1.29, 1.82) is 0 Å². The van der Waals surface area contributed by atoms with Crippen LogP contribution in [0, 0.1) is 0 Å². The minimum atomic E-state index is -0.543. The maximum atomic E-state index is 4.18. The Labute approximate surface area is 45.9 Å². The Morgan fingerprint density at radius 1 is 1.29 bits per heavy atom. The van der Waals surface area contributed by atoms with E-state index in [1.54, 1.807) is 0 Å². The standard InChI is InChI=1S/C6H13P/c1-7(2)5-3-4-6-7/h1,3-6H2,2H3. The Bertz CT molecular complexity index is 94.7. The van der Waals surface area contributed by atoms with Crippen LogP contribution in [0.1, 0.15) is 12.8 Å². The molecule has 0 aromatic rings. The predicted molar refractivity (Wildman–Crippen MR) is 38.9 cm³/mol. The summed E-state index contributed by atoms with van der Waals surface area (Å²) in [5.74, 6) is 0. The van der Waals surface area contributed by atoms with Crippen molar-refractivity contribution in [3.8, 4) is 0 Å². The number of hydrogen-bond donors (Lipinski definition) is 0. The third kappa shape index (κ3) is 1.35. The zero-order valence-corrected chi connectivity index (χ0v) is 5.88. The van der Waals surface area contributed by atoms with Crippen molar-refractivity contribution in [2.24, 2.45) is 0 Å². The van der Waals surface area contributed by atoms with E-state index in [9.17, 15) is 0 Å². The van der Waals surface area contributed by atoms with Gasteiger partial charge in [0.2, 0.25) is 0 Å². The van der Waals surface area contributed by atoms with Gasteiger partial charge in [0.15, 0.2) is 0 Å².